The second-order valence-electron chi connectivity index (χ2n) is 0.0639. The Morgan fingerprint density at radius 3 is 1.20 bits per heavy atom. The van der Waals surface area contributed by atoms with Crippen molar-refractivity contribution in [2.24, 2.45) is 0 Å². The first kappa shape index (κ1) is 16.4. The number of nitrogens with two attached hydrogens (primary N) is 1. The second kappa shape index (κ2) is 19.0. The Morgan fingerprint density at radius 1 is 1.20 bits per heavy atom. The van der Waals surface area contributed by atoms with Gasteiger partial charge in [0.25, 0.3) is 0 Å². The largest absolute Gasteiger partial charge is 2.00 e. The fourth-order valence-electron chi connectivity index (χ4n) is 0. The fourth-order valence-corrected chi connectivity index (χ4v) is 0. The molecule has 0 heterocycles. The smallest absolute Gasteiger partial charge is 0.693 e. The van der Waals surface area contributed by atoms with Gasteiger partial charge in [-0.25, -0.2) is 0 Å². The third kappa shape index (κ3) is 37.3. The minimum atomic E-state index is 0. The predicted octanol–water partition coefficient (Wildman–Crippen LogP) is 2.38. The van der Waals surface area contributed by atoms with E-state index in [1.165, 1.54) is 0 Å². The molecule has 0 fully saturated rings. The summed E-state index contributed by atoms with van der Waals surface area (Å²) in [7, 11) is 0. The van der Waals surface area contributed by atoms with Crippen molar-refractivity contribution in [1.29, 1.82) is 0 Å². The molecule has 0 saturated carbocycles. The third-order valence-electron chi connectivity index (χ3n) is 0. The number of nitrogens with zero attached hydrogens (tertiary/aromatic N) is 1. The molecule has 0 radical (unpaired) electrons. The summed E-state index contributed by atoms with van der Waals surface area (Å²) < 4.78 is 2.44. The van der Waals surface area contributed by atoms with Crippen LogP contribution in [-0.4, -0.2) is 0 Å². The predicted molar refractivity (Wildman–Crippen MR) is 20.3 cm³/mol. The molecule has 0 atom stereocenters. The summed E-state index contributed by atoms with van der Waals surface area (Å²) in [5.41, 5.74) is 0. The van der Waals surface area contributed by atoms with Gasteiger partial charge >= 0.3 is 21.1 Å². The molecule has 0 spiro atoms. The first-order chi connectivity index (χ1) is 1.41. The average Bonchev–Trinajstić information content (AvgIpc) is 0.918. The molecular formula is H2Cl2MoN2. The zero-order valence-electron chi connectivity index (χ0n) is 2.19. The first-order valence-corrected chi connectivity index (χ1v) is 1.01. The Hall–Kier alpha value is 1.19. The van der Waals surface area contributed by atoms with E-state index in [9.17, 15) is 0 Å². The maximum Gasteiger partial charge on any atom is 2.00 e. The first-order valence-electron chi connectivity index (χ1n) is 0.338. The zero-order valence-corrected chi connectivity index (χ0v) is 5.71. The zero-order chi connectivity index (χ0) is 2.71. The van der Waals surface area contributed by atoms with Crippen molar-refractivity contribution >= 4 is 23.6 Å². The van der Waals surface area contributed by atoms with Crippen LogP contribution in [0, 0.1) is 0 Å². The molecule has 2 nitrogen and oxygen atoms in total. The Morgan fingerprint density at radius 2 is 1.20 bits per heavy atom. The fraction of sp³-hybridized carbons (Fsp3) is 0. The molecule has 0 saturated heterocycles. The van der Waals surface area contributed by atoms with E-state index >= 15 is 0 Å². The van der Waals surface area contributed by atoms with E-state index in [-0.39, 0.29) is 27.2 Å². The van der Waals surface area contributed by atoms with E-state index in [1.54, 1.807) is 0 Å². The Balaban J connectivity index is -0.0000000200. The van der Waals surface area contributed by atoms with Crippen LogP contribution in [0.2, 0.25) is 0 Å². The molecule has 0 bridgehead atoms. The number of halogens is 2. The molecule has 5 heteroatoms. The van der Waals surface area contributed by atoms with Crippen molar-refractivity contribution < 1.29 is 21.1 Å². The van der Waals surface area contributed by atoms with Gasteiger partial charge in [0.15, 0.2) is 0 Å². The van der Waals surface area contributed by atoms with E-state index < -0.39 is 0 Å². The van der Waals surface area contributed by atoms with E-state index in [2.05, 4.69) is 27.9 Å². The summed E-state index contributed by atoms with van der Waals surface area (Å²) in [6, 6.07) is 0. The molecule has 32 valence electrons. The van der Waals surface area contributed by atoms with Gasteiger partial charge in [-0.05, 0) is 0 Å². The second-order valence-corrected chi connectivity index (χ2v) is 0.575. The maximum atomic E-state index is 4.39. The van der Waals surface area contributed by atoms with Gasteiger partial charge in [0.1, 0.15) is 0 Å². The molecule has 0 aromatic rings. The summed E-state index contributed by atoms with van der Waals surface area (Å²) in [5, 5.41) is 0. The SMILES string of the molecule is Cl[N-]Cl.[Mo+2].[NH2-]. The van der Waals surface area contributed by atoms with Crippen molar-refractivity contribution in [3.8, 4) is 0 Å². The molecule has 0 aliphatic rings. The van der Waals surface area contributed by atoms with Crippen LogP contribution in [0.15, 0.2) is 0 Å². The van der Waals surface area contributed by atoms with Gasteiger partial charge in [0.2, 0.25) is 0 Å². The summed E-state index contributed by atoms with van der Waals surface area (Å²) in [4.78, 5) is 0. The van der Waals surface area contributed by atoms with Crippen LogP contribution >= 0.6 is 23.6 Å². The molecule has 0 amide bonds. The summed E-state index contributed by atoms with van der Waals surface area (Å²) >= 11 is 8.78. The van der Waals surface area contributed by atoms with Crippen molar-refractivity contribution in [1.82, 2.24) is 0 Å². The van der Waals surface area contributed by atoms with Crippen molar-refractivity contribution in [2.45, 2.75) is 0 Å². The Labute approximate surface area is 55.3 Å². The van der Waals surface area contributed by atoms with Gasteiger partial charge in [0, 0.05) is 0 Å². The molecule has 0 unspecified atom stereocenters. The normalized spacial score (nSPS) is 3.60. The molecular weight excluding hydrogens is 195 g/mol. The van der Waals surface area contributed by atoms with Gasteiger partial charge in [-0.2, -0.15) is 0 Å². The van der Waals surface area contributed by atoms with Crippen LogP contribution < -0.4 is 0 Å². The molecule has 0 aliphatic heterocycles. The number of hydrogen-bond acceptors (Lipinski definition) is 0. The van der Waals surface area contributed by atoms with Crippen LogP contribution in [0.4, 0.5) is 0 Å². The standard InChI is InChI=1S/Cl2N.Mo.H2N/c1-3-2;;/h;;1H2/q-1;+2;-1. The Kier molecular flexibility index (Phi) is 62.3. The quantitative estimate of drug-likeness (QED) is 0.535. The Bertz CT molecular complexity index is 7.61. The van der Waals surface area contributed by atoms with Gasteiger partial charge < -0.3 is 10.5 Å². The van der Waals surface area contributed by atoms with Crippen LogP contribution in [0.5, 0.6) is 0 Å². The molecule has 5 heavy (non-hydrogen) atoms. The van der Waals surface area contributed by atoms with E-state index in [0.717, 1.165) is 0 Å². The third-order valence-corrected chi connectivity index (χ3v) is 0. The van der Waals surface area contributed by atoms with Crippen molar-refractivity contribution in [3.63, 3.8) is 0 Å². The van der Waals surface area contributed by atoms with Crippen LogP contribution in [0.25, 0.3) is 10.5 Å². The van der Waals surface area contributed by atoms with E-state index in [1.807, 2.05) is 0 Å². The summed E-state index contributed by atoms with van der Waals surface area (Å²) in [5.74, 6) is 0. The average molecular weight is 197 g/mol. The topological polar surface area (TPSA) is 47.6 Å². The minimum Gasteiger partial charge on any atom is -0.693 e. The van der Waals surface area contributed by atoms with Gasteiger partial charge in [-0.3, -0.25) is 23.6 Å². The van der Waals surface area contributed by atoms with E-state index in [0.29, 0.717) is 0 Å². The molecule has 0 aromatic heterocycles. The summed E-state index contributed by atoms with van der Waals surface area (Å²) in [6.07, 6.45) is 0. The van der Waals surface area contributed by atoms with Gasteiger partial charge in [0.05, 0.1) is 0 Å². The van der Waals surface area contributed by atoms with E-state index in [4.69, 9.17) is 0 Å². The van der Waals surface area contributed by atoms with Gasteiger partial charge in [-0.1, -0.05) is 0 Å². The molecule has 2 N–H and O–H groups in total. The van der Waals surface area contributed by atoms with Crippen LogP contribution in [0.3, 0.4) is 0 Å². The molecule has 0 aliphatic carbocycles. The number of rotatable bonds is 0. The van der Waals surface area contributed by atoms with Gasteiger partial charge in [-0.15, -0.1) is 0 Å². The van der Waals surface area contributed by atoms with Crippen molar-refractivity contribution in [2.75, 3.05) is 0 Å². The summed E-state index contributed by atoms with van der Waals surface area (Å²) in [6.45, 7) is 0. The monoisotopic (exact) mass is 198 g/mol. The van der Waals surface area contributed by atoms with Crippen molar-refractivity contribution in [3.05, 3.63) is 10.5 Å². The van der Waals surface area contributed by atoms with Crippen LogP contribution in [-0.2, 0) is 21.1 Å². The number of hydrogen-bond donors (Lipinski definition) is 0. The minimum absolute atomic E-state index is 0. The van der Waals surface area contributed by atoms with Crippen LogP contribution in [0.1, 0.15) is 0 Å². The maximum absolute atomic E-state index is 4.39. The molecule has 0 rings (SSSR count). The molecule has 0 aromatic carbocycles.